The van der Waals surface area contributed by atoms with E-state index in [2.05, 4.69) is 4.52 Å². The summed E-state index contributed by atoms with van der Waals surface area (Å²) in [6.45, 7) is 1.52. The van der Waals surface area contributed by atoms with Gasteiger partial charge in [-0.2, -0.15) is 0 Å². The van der Waals surface area contributed by atoms with E-state index >= 15 is 0 Å². The van der Waals surface area contributed by atoms with Crippen molar-refractivity contribution in [3.63, 3.8) is 0 Å². The number of aliphatic carboxylic acids is 1. The van der Waals surface area contributed by atoms with Crippen molar-refractivity contribution in [2.75, 3.05) is 13.3 Å². The standard InChI is InChI=1S/C7H14NO5P/c1-5(3-6(8)7(9)10)4-14(11,12)13-2/h3,6H,4,8H2,1-2H3,(H,9,10)(H,11,12)/b5-3+. The molecule has 0 radical (unpaired) electrons. The highest BCUT2D eigenvalue weighted by Crippen LogP contribution is 2.42. The lowest BCUT2D eigenvalue weighted by Crippen LogP contribution is -2.28. The number of allylic oxidation sites excluding steroid dienone is 1. The molecule has 0 saturated heterocycles. The summed E-state index contributed by atoms with van der Waals surface area (Å²) in [5.41, 5.74) is 5.60. The molecule has 0 amide bonds. The molecule has 4 N–H and O–H groups in total. The Bertz CT molecular complexity index is 288. The molecule has 0 rings (SSSR count). The third kappa shape index (κ3) is 5.14. The summed E-state index contributed by atoms with van der Waals surface area (Å²) in [6.07, 6.45) is 0.995. The minimum absolute atomic E-state index is 0.218. The Morgan fingerprint density at radius 3 is 2.57 bits per heavy atom. The van der Waals surface area contributed by atoms with E-state index in [9.17, 15) is 9.36 Å². The van der Waals surface area contributed by atoms with Crippen molar-refractivity contribution in [1.82, 2.24) is 0 Å². The van der Waals surface area contributed by atoms with Crippen molar-refractivity contribution in [2.24, 2.45) is 5.73 Å². The number of carboxylic acid groups (broad SMARTS) is 1. The van der Waals surface area contributed by atoms with Crippen LogP contribution in [0.25, 0.3) is 0 Å². The van der Waals surface area contributed by atoms with E-state index < -0.39 is 19.6 Å². The van der Waals surface area contributed by atoms with E-state index in [1.165, 1.54) is 13.0 Å². The fourth-order valence-electron chi connectivity index (χ4n) is 0.810. The number of rotatable bonds is 5. The van der Waals surface area contributed by atoms with Gasteiger partial charge in [-0.1, -0.05) is 11.6 Å². The van der Waals surface area contributed by atoms with Crippen molar-refractivity contribution in [2.45, 2.75) is 13.0 Å². The van der Waals surface area contributed by atoms with Crippen LogP contribution >= 0.6 is 7.60 Å². The fraction of sp³-hybridized carbons (Fsp3) is 0.571. The van der Waals surface area contributed by atoms with Crippen LogP contribution in [0, 0.1) is 0 Å². The monoisotopic (exact) mass is 223 g/mol. The quantitative estimate of drug-likeness (QED) is 0.453. The Kier molecular flexibility index (Phi) is 5.01. The average Bonchev–Trinajstić information content (AvgIpc) is 2.02. The average molecular weight is 223 g/mol. The Balaban J connectivity index is 4.41. The van der Waals surface area contributed by atoms with Gasteiger partial charge >= 0.3 is 13.6 Å². The zero-order chi connectivity index (χ0) is 11.4. The molecular weight excluding hydrogens is 209 g/mol. The summed E-state index contributed by atoms with van der Waals surface area (Å²) in [4.78, 5) is 19.4. The molecule has 0 aliphatic rings. The number of nitrogens with two attached hydrogens (primary N) is 1. The minimum Gasteiger partial charge on any atom is -0.480 e. The van der Waals surface area contributed by atoms with Crippen LogP contribution in [0.3, 0.4) is 0 Å². The molecule has 2 unspecified atom stereocenters. The van der Waals surface area contributed by atoms with E-state index in [1.54, 1.807) is 0 Å². The second-order valence-corrected chi connectivity index (χ2v) is 4.81. The van der Waals surface area contributed by atoms with Crippen LogP contribution in [0.5, 0.6) is 0 Å². The zero-order valence-corrected chi connectivity index (χ0v) is 8.90. The maximum Gasteiger partial charge on any atom is 0.331 e. The molecule has 7 heteroatoms. The first-order valence-electron chi connectivity index (χ1n) is 3.81. The van der Waals surface area contributed by atoms with Crippen molar-refractivity contribution in [3.05, 3.63) is 11.6 Å². The molecule has 0 aromatic heterocycles. The van der Waals surface area contributed by atoms with Crippen LogP contribution in [-0.2, 0) is 13.9 Å². The number of hydrogen-bond acceptors (Lipinski definition) is 4. The van der Waals surface area contributed by atoms with Gasteiger partial charge in [0.1, 0.15) is 6.04 Å². The lowest BCUT2D eigenvalue weighted by atomic mass is 10.2. The van der Waals surface area contributed by atoms with E-state index in [4.69, 9.17) is 15.7 Å². The largest absolute Gasteiger partial charge is 0.480 e. The van der Waals surface area contributed by atoms with Gasteiger partial charge in [-0.05, 0) is 6.92 Å². The SMILES string of the molecule is COP(=O)(O)C/C(C)=C/C(N)C(=O)O. The van der Waals surface area contributed by atoms with E-state index in [1.807, 2.05) is 0 Å². The fourth-order valence-corrected chi connectivity index (χ4v) is 1.68. The number of carbonyl (C=O) groups is 1. The maximum absolute atomic E-state index is 11.0. The third-order valence-electron chi connectivity index (χ3n) is 1.48. The molecule has 14 heavy (non-hydrogen) atoms. The summed E-state index contributed by atoms with van der Waals surface area (Å²) < 4.78 is 15.4. The van der Waals surface area contributed by atoms with E-state index in [-0.39, 0.29) is 6.16 Å². The molecule has 0 saturated carbocycles. The summed E-state index contributed by atoms with van der Waals surface area (Å²) in [6, 6.07) is -1.16. The second kappa shape index (κ2) is 5.26. The van der Waals surface area contributed by atoms with Gasteiger partial charge in [-0.3, -0.25) is 9.36 Å². The van der Waals surface area contributed by atoms with Crippen molar-refractivity contribution in [1.29, 1.82) is 0 Å². The smallest absolute Gasteiger partial charge is 0.331 e. The molecule has 0 fully saturated rings. The van der Waals surface area contributed by atoms with Gasteiger partial charge in [0.2, 0.25) is 0 Å². The van der Waals surface area contributed by atoms with Crippen LogP contribution in [-0.4, -0.2) is 35.3 Å². The van der Waals surface area contributed by atoms with E-state index in [0.717, 1.165) is 7.11 Å². The lowest BCUT2D eigenvalue weighted by Gasteiger charge is -2.09. The molecule has 0 aromatic rings. The van der Waals surface area contributed by atoms with E-state index in [0.29, 0.717) is 5.57 Å². The Morgan fingerprint density at radius 2 is 2.21 bits per heavy atom. The molecule has 0 aliphatic heterocycles. The molecule has 0 aliphatic carbocycles. The maximum atomic E-state index is 11.0. The van der Waals surface area contributed by atoms with Crippen LogP contribution in [0.4, 0.5) is 0 Å². The van der Waals surface area contributed by atoms with Crippen LogP contribution < -0.4 is 5.73 Å². The molecular formula is C7H14NO5P. The van der Waals surface area contributed by atoms with Crippen LogP contribution in [0.2, 0.25) is 0 Å². The number of hydrogen-bond donors (Lipinski definition) is 3. The van der Waals surface area contributed by atoms with Crippen molar-refractivity contribution < 1.29 is 23.9 Å². The molecule has 6 nitrogen and oxygen atoms in total. The van der Waals surface area contributed by atoms with Gasteiger partial charge in [-0.15, -0.1) is 0 Å². The molecule has 82 valence electrons. The molecule has 0 heterocycles. The molecule has 2 atom stereocenters. The lowest BCUT2D eigenvalue weighted by molar-refractivity contribution is -0.137. The van der Waals surface area contributed by atoms with Gasteiger partial charge < -0.3 is 20.3 Å². The predicted molar refractivity (Wildman–Crippen MR) is 51.1 cm³/mol. The highest BCUT2D eigenvalue weighted by molar-refractivity contribution is 7.53. The first-order chi connectivity index (χ1) is 6.28. The molecule has 0 spiro atoms. The second-order valence-electron chi connectivity index (χ2n) is 2.86. The Morgan fingerprint density at radius 1 is 1.71 bits per heavy atom. The van der Waals surface area contributed by atoms with Crippen molar-refractivity contribution in [3.8, 4) is 0 Å². The van der Waals surface area contributed by atoms with Crippen LogP contribution in [0.1, 0.15) is 6.92 Å². The van der Waals surface area contributed by atoms with Gasteiger partial charge in [0.05, 0.1) is 6.16 Å². The highest BCUT2D eigenvalue weighted by atomic mass is 31.2. The summed E-state index contributed by atoms with van der Waals surface area (Å²) in [7, 11) is -2.52. The topological polar surface area (TPSA) is 110 Å². The van der Waals surface area contributed by atoms with Crippen LogP contribution in [0.15, 0.2) is 11.6 Å². The van der Waals surface area contributed by atoms with Crippen molar-refractivity contribution >= 4 is 13.6 Å². The normalized spacial score (nSPS) is 18.7. The van der Waals surface area contributed by atoms with Gasteiger partial charge in [-0.25, -0.2) is 0 Å². The summed E-state index contributed by atoms with van der Waals surface area (Å²) in [5, 5.41) is 8.45. The Labute approximate surface area is 81.9 Å². The highest BCUT2D eigenvalue weighted by Gasteiger charge is 2.18. The molecule has 0 bridgehead atoms. The zero-order valence-electron chi connectivity index (χ0n) is 8.01. The third-order valence-corrected chi connectivity index (χ3v) is 2.95. The molecule has 0 aromatic carbocycles. The first kappa shape index (κ1) is 13.3. The minimum atomic E-state index is -3.63. The van der Waals surface area contributed by atoms with Gasteiger partial charge in [0.25, 0.3) is 0 Å². The summed E-state index contributed by atoms with van der Waals surface area (Å²) in [5.74, 6) is -1.19. The van der Waals surface area contributed by atoms with Gasteiger partial charge in [0, 0.05) is 7.11 Å². The number of carboxylic acids is 1. The summed E-state index contributed by atoms with van der Waals surface area (Å²) >= 11 is 0. The first-order valence-corrected chi connectivity index (χ1v) is 5.58. The van der Waals surface area contributed by atoms with Gasteiger partial charge in [0.15, 0.2) is 0 Å². The predicted octanol–water partition coefficient (Wildman–Crippen LogP) is 0.176. The Hall–Kier alpha value is -0.680.